The smallest absolute Gasteiger partial charge is 0.337 e. The van der Waals surface area contributed by atoms with E-state index >= 15 is 0 Å². The van der Waals surface area contributed by atoms with E-state index < -0.39 is 0 Å². The highest BCUT2D eigenvalue weighted by atomic mass is 16.5. The predicted molar refractivity (Wildman–Crippen MR) is 62.3 cm³/mol. The summed E-state index contributed by atoms with van der Waals surface area (Å²) in [6, 6.07) is 6.96. The lowest BCUT2D eigenvalue weighted by Crippen LogP contribution is -2.27. The molecule has 2 rings (SSSR count). The van der Waals surface area contributed by atoms with E-state index in [-0.39, 0.29) is 12.1 Å². The molecule has 4 heteroatoms. The van der Waals surface area contributed by atoms with Crippen molar-refractivity contribution in [3.8, 4) is 5.75 Å². The van der Waals surface area contributed by atoms with Gasteiger partial charge in [0.2, 0.25) is 0 Å². The first kappa shape index (κ1) is 11.9. The van der Waals surface area contributed by atoms with Crippen molar-refractivity contribution in [1.29, 1.82) is 0 Å². The van der Waals surface area contributed by atoms with Gasteiger partial charge in [0.15, 0.2) is 0 Å². The lowest BCUT2D eigenvalue weighted by molar-refractivity contribution is 0.00742. The van der Waals surface area contributed by atoms with E-state index in [2.05, 4.69) is 4.74 Å². The van der Waals surface area contributed by atoms with Crippen molar-refractivity contribution in [3.63, 3.8) is 0 Å². The van der Waals surface area contributed by atoms with Crippen LogP contribution in [-0.4, -0.2) is 32.4 Å². The molecule has 1 aliphatic heterocycles. The lowest BCUT2D eigenvalue weighted by atomic mass is 10.1. The van der Waals surface area contributed by atoms with Gasteiger partial charge in [0.25, 0.3) is 0 Å². The van der Waals surface area contributed by atoms with Crippen molar-refractivity contribution in [3.05, 3.63) is 29.8 Å². The van der Waals surface area contributed by atoms with E-state index in [9.17, 15) is 4.79 Å². The van der Waals surface area contributed by atoms with Crippen molar-refractivity contribution >= 4 is 5.97 Å². The molecule has 1 aromatic carbocycles. The van der Waals surface area contributed by atoms with Crippen LogP contribution in [-0.2, 0) is 9.47 Å². The van der Waals surface area contributed by atoms with Crippen LogP contribution in [0.5, 0.6) is 5.75 Å². The Bertz CT molecular complexity index is 366. The Hall–Kier alpha value is -1.55. The largest absolute Gasteiger partial charge is 0.488 e. The lowest BCUT2D eigenvalue weighted by Gasteiger charge is -2.23. The zero-order chi connectivity index (χ0) is 12.1. The topological polar surface area (TPSA) is 44.8 Å². The first-order valence-electron chi connectivity index (χ1n) is 5.72. The van der Waals surface area contributed by atoms with Crippen LogP contribution in [0.25, 0.3) is 0 Å². The fourth-order valence-corrected chi connectivity index (χ4v) is 1.78. The second kappa shape index (κ2) is 5.68. The maximum atomic E-state index is 11.2. The molecule has 17 heavy (non-hydrogen) atoms. The Kier molecular flexibility index (Phi) is 3.98. The molecule has 1 saturated heterocycles. The molecule has 0 radical (unpaired) electrons. The second-order valence-electron chi connectivity index (χ2n) is 3.97. The third-order valence-electron chi connectivity index (χ3n) is 2.70. The highest BCUT2D eigenvalue weighted by molar-refractivity contribution is 5.89. The van der Waals surface area contributed by atoms with Gasteiger partial charge in [0.1, 0.15) is 11.9 Å². The number of hydrogen-bond donors (Lipinski definition) is 0. The molecular weight excluding hydrogens is 220 g/mol. The van der Waals surface area contributed by atoms with Crippen molar-refractivity contribution in [2.45, 2.75) is 18.9 Å². The fraction of sp³-hybridized carbons (Fsp3) is 0.462. The van der Waals surface area contributed by atoms with Crippen molar-refractivity contribution in [2.24, 2.45) is 0 Å². The van der Waals surface area contributed by atoms with Gasteiger partial charge in [0.05, 0.1) is 19.3 Å². The third kappa shape index (κ3) is 3.20. The van der Waals surface area contributed by atoms with Gasteiger partial charge in [-0.25, -0.2) is 4.79 Å². The molecular formula is C13H16O4. The summed E-state index contributed by atoms with van der Waals surface area (Å²) in [5, 5.41) is 0. The number of methoxy groups -OCH3 is 1. The van der Waals surface area contributed by atoms with E-state index in [1.165, 1.54) is 7.11 Å². The average Bonchev–Trinajstić information content (AvgIpc) is 2.40. The number of carbonyl (C=O) groups excluding carboxylic acids is 1. The Morgan fingerprint density at radius 1 is 1.35 bits per heavy atom. The predicted octanol–water partition coefficient (Wildman–Crippen LogP) is 2.03. The SMILES string of the molecule is COC(=O)c1ccc(OC2CCCOC2)cc1. The van der Waals surface area contributed by atoms with Crippen molar-refractivity contribution in [1.82, 2.24) is 0 Å². The number of hydrogen-bond acceptors (Lipinski definition) is 4. The van der Waals surface area contributed by atoms with E-state index in [4.69, 9.17) is 9.47 Å². The Balaban J connectivity index is 1.95. The fourth-order valence-electron chi connectivity index (χ4n) is 1.78. The van der Waals surface area contributed by atoms with E-state index in [1.54, 1.807) is 24.3 Å². The van der Waals surface area contributed by atoms with E-state index in [0.29, 0.717) is 12.2 Å². The minimum Gasteiger partial charge on any atom is -0.488 e. The first-order valence-corrected chi connectivity index (χ1v) is 5.72. The van der Waals surface area contributed by atoms with E-state index in [0.717, 1.165) is 25.2 Å². The molecule has 0 bridgehead atoms. The maximum absolute atomic E-state index is 11.2. The zero-order valence-electron chi connectivity index (χ0n) is 9.85. The molecule has 1 fully saturated rings. The summed E-state index contributed by atoms with van der Waals surface area (Å²) in [5.74, 6) is 0.422. The molecule has 0 saturated carbocycles. The molecule has 1 aromatic rings. The van der Waals surface area contributed by atoms with E-state index in [1.807, 2.05) is 0 Å². The molecule has 0 amide bonds. The summed E-state index contributed by atoms with van der Waals surface area (Å²) in [7, 11) is 1.37. The minimum atomic E-state index is -0.336. The third-order valence-corrected chi connectivity index (χ3v) is 2.70. The van der Waals surface area contributed by atoms with Crippen LogP contribution in [0.2, 0.25) is 0 Å². The first-order chi connectivity index (χ1) is 8.29. The van der Waals surface area contributed by atoms with Gasteiger partial charge in [0, 0.05) is 6.61 Å². The summed E-state index contributed by atoms with van der Waals surface area (Å²) in [6.45, 7) is 1.46. The Labute approximate surface area is 100 Å². The number of ether oxygens (including phenoxy) is 3. The standard InChI is InChI=1S/C13H16O4/c1-15-13(14)10-4-6-11(7-5-10)17-12-3-2-8-16-9-12/h4-7,12H,2-3,8-9H2,1H3. The summed E-state index contributed by atoms with van der Waals surface area (Å²) >= 11 is 0. The van der Waals surface area contributed by atoms with Crippen LogP contribution >= 0.6 is 0 Å². The van der Waals surface area contributed by atoms with Gasteiger partial charge in [-0.15, -0.1) is 0 Å². The highest BCUT2D eigenvalue weighted by Crippen LogP contribution is 2.18. The minimum absolute atomic E-state index is 0.118. The van der Waals surface area contributed by atoms with Crippen molar-refractivity contribution in [2.75, 3.05) is 20.3 Å². The summed E-state index contributed by atoms with van der Waals surface area (Å²) < 4.78 is 15.7. The number of carbonyl (C=O) groups is 1. The normalized spacial score (nSPS) is 19.7. The second-order valence-corrected chi connectivity index (χ2v) is 3.97. The van der Waals surface area contributed by atoms with Gasteiger partial charge in [-0.3, -0.25) is 0 Å². The van der Waals surface area contributed by atoms with Crippen LogP contribution in [0, 0.1) is 0 Å². The molecule has 1 aliphatic rings. The quantitative estimate of drug-likeness (QED) is 0.753. The number of rotatable bonds is 3. The Morgan fingerprint density at radius 2 is 2.12 bits per heavy atom. The van der Waals surface area contributed by atoms with Gasteiger partial charge < -0.3 is 14.2 Å². The molecule has 0 aliphatic carbocycles. The highest BCUT2D eigenvalue weighted by Gasteiger charge is 2.15. The molecule has 1 atom stereocenters. The van der Waals surface area contributed by atoms with Gasteiger partial charge in [-0.1, -0.05) is 0 Å². The molecule has 1 unspecified atom stereocenters. The van der Waals surface area contributed by atoms with Crippen molar-refractivity contribution < 1.29 is 19.0 Å². The maximum Gasteiger partial charge on any atom is 0.337 e. The van der Waals surface area contributed by atoms with Gasteiger partial charge >= 0.3 is 5.97 Å². The molecule has 0 N–H and O–H groups in total. The van der Waals surface area contributed by atoms with Crippen LogP contribution < -0.4 is 4.74 Å². The summed E-state index contributed by atoms with van der Waals surface area (Å²) in [5.41, 5.74) is 0.528. The molecule has 4 nitrogen and oxygen atoms in total. The molecule has 0 spiro atoms. The summed E-state index contributed by atoms with van der Waals surface area (Å²) in [6.07, 6.45) is 2.16. The van der Waals surface area contributed by atoms with Crippen LogP contribution in [0.4, 0.5) is 0 Å². The zero-order valence-corrected chi connectivity index (χ0v) is 9.85. The average molecular weight is 236 g/mol. The van der Waals surface area contributed by atoms with Gasteiger partial charge in [-0.2, -0.15) is 0 Å². The van der Waals surface area contributed by atoms with Gasteiger partial charge in [-0.05, 0) is 37.1 Å². The van der Waals surface area contributed by atoms with Crippen LogP contribution in [0.3, 0.4) is 0 Å². The number of esters is 1. The molecule has 1 heterocycles. The molecule has 92 valence electrons. The van der Waals surface area contributed by atoms with Crippen LogP contribution in [0.15, 0.2) is 24.3 Å². The monoisotopic (exact) mass is 236 g/mol. The summed E-state index contributed by atoms with van der Waals surface area (Å²) in [4.78, 5) is 11.2. The number of benzene rings is 1. The Morgan fingerprint density at radius 3 is 2.71 bits per heavy atom. The molecule has 0 aromatic heterocycles. The van der Waals surface area contributed by atoms with Crippen LogP contribution in [0.1, 0.15) is 23.2 Å².